The van der Waals surface area contributed by atoms with Crippen molar-refractivity contribution in [1.29, 1.82) is 0 Å². The first-order chi connectivity index (χ1) is 9.86. The molecule has 0 bridgehead atoms. The molecule has 1 aromatic rings. The van der Waals surface area contributed by atoms with Crippen molar-refractivity contribution in [3.05, 3.63) is 35.9 Å². The Kier molecular flexibility index (Phi) is 4.74. The van der Waals surface area contributed by atoms with Crippen LogP contribution < -0.4 is 5.32 Å². The van der Waals surface area contributed by atoms with Gasteiger partial charge in [0.2, 0.25) is 0 Å². The first-order valence-corrected chi connectivity index (χ1v) is 8.39. The van der Waals surface area contributed by atoms with E-state index in [9.17, 15) is 0 Å². The predicted octanol–water partition coefficient (Wildman–Crippen LogP) is 3.60. The maximum atomic E-state index is 3.77. The number of benzene rings is 1. The number of hydrogen-bond donors (Lipinski definition) is 1. The van der Waals surface area contributed by atoms with Crippen molar-refractivity contribution in [3.8, 4) is 0 Å². The van der Waals surface area contributed by atoms with Gasteiger partial charge in [0.25, 0.3) is 0 Å². The zero-order chi connectivity index (χ0) is 13.8. The fourth-order valence-electron chi connectivity index (χ4n) is 3.45. The van der Waals surface area contributed by atoms with Gasteiger partial charge in [-0.1, -0.05) is 37.3 Å². The highest BCUT2D eigenvalue weighted by atomic mass is 15.2. The van der Waals surface area contributed by atoms with Crippen LogP contribution in [0.3, 0.4) is 0 Å². The van der Waals surface area contributed by atoms with Crippen LogP contribution in [0.15, 0.2) is 30.3 Å². The van der Waals surface area contributed by atoms with Crippen LogP contribution in [0.25, 0.3) is 0 Å². The molecule has 0 aromatic heterocycles. The quantitative estimate of drug-likeness (QED) is 0.851. The van der Waals surface area contributed by atoms with E-state index in [-0.39, 0.29) is 0 Å². The van der Waals surface area contributed by atoms with Crippen LogP contribution >= 0.6 is 0 Å². The number of nitrogens with zero attached hydrogens (tertiary/aromatic N) is 1. The summed E-state index contributed by atoms with van der Waals surface area (Å²) < 4.78 is 0. The fraction of sp³-hybridized carbons (Fsp3) is 0.667. The van der Waals surface area contributed by atoms with E-state index in [4.69, 9.17) is 0 Å². The third-order valence-electron chi connectivity index (χ3n) is 4.93. The van der Waals surface area contributed by atoms with E-state index in [2.05, 4.69) is 47.5 Å². The number of likely N-dealkylation sites (tertiary alicyclic amines) is 1. The second-order valence-corrected chi connectivity index (χ2v) is 6.50. The summed E-state index contributed by atoms with van der Waals surface area (Å²) in [6.07, 6.45) is 6.76. The van der Waals surface area contributed by atoms with Gasteiger partial charge < -0.3 is 5.32 Å². The Morgan fingerprint density at radius 2 is 1.80 bits per heavy atom. The minimum atomic E-state index is 0.612. The molecule has 1 unspecified atom stereocenters. The monoisotopic (exact) mass is 272 g/mol. The normalized spacial score (nSPS) is 22.9. The summed E-state index contributed by atoms with van der Waals surface area (Å²) in [5.41, 5.74) is 1.49. The van der Waals surface area contributed by atoms with Gasteiger partial charge in [-0.15, -0.1) is 0 Å². The van der Waals surface area contributed by atoms with Crippen molar-refractivity contribution >= 4 is 0 Å². The van der Waals surface area contributed by atoms with E-state index < -0.39 is 0 Å². The molecule has 2 heteroatoms. The molecule has 1 atom stereocenters. The number of piperidine rings is 1. The van der Waals surface area contributed by atoms with Crippen LogP contribution in [0.4, 0.5) is 0 Å². The van der Waals surface area contributed by atoms with Crippen LogP contribution in [0.5, 0.6) is 0 Å². The molecule has 1 heterocycles. The lowest BCUT2D eigenvalue weighted by Gasteiger charge is -2.38. The third-order valence-corrected chi connectivity index (χ3v) is 4.93. The Bertz CT molecular complexity index is 391. The average Bonchev–Trinajstić information content (AvgIpc) is 3.33. The van der Waals surface area contributed by atoms with Crippen molar-refractivity contribution in [3.63, 3.8) is 0 Å². The smallest absolute Gasteiger partial charge is 0.0345 e. The summed E-state index contributed by atoms with van der Waals surface area (Å²) in [6, 6.07) is 12.4. The molecule has 1 aliphatic heterocycles. The van der Waals surface area contributed by atoms with Gasteiger partial charge in [-0.3, -0.25) is 4.90 Å². The maximum Gasteiger partial charge on any atom is 0.0345 e. The van der Waals surface area contributed by atoms with Crippen molar-refractivity contribution in [2.24, 2.45) is 5.92 Å². The van der Waals surface area contributed by atoms with E-state index in [1.165, 1.54) is 57.3 Å². The highest BCUT2D eigenvalue weighted by Crippen LogP contribution is 2.29. The van der Waals surface area contributed by atoms with Crippen LogP contribution in [0, 0.1) is 5.92 Å². The zero-order valence-electron chi connectivity index (χ0n) is 12.7. The molecule has 110 valence electrons. The van der Waals surface area contributed by atoms with E-state index in [1.54, 1.807) is 0 Å². The molecule has 2 aliphatic rings. The summed E-state index contributed by atoms with van der Waals surface area (Å²) in [5.74, 6) is 1.00. The van der Waals surface area contributed by atoms with Gasteiger partial charge in [0.05, 0.1) is 0 Å². The highest BCUT2D eigenvalue weighted by molar-refractivity contribution is 5.19. The minimum absolute atomic E-state index is 0.612. The van der Waals surface area contributed by atoms with Crippen molar-refractivity contribution in [2.75, 3.05) is 19.6 Å². The van der Waals surface area contributed by atoms with E-state index in [0.29, 0.717) is 6.04 Å². The standard InChI is InChI=1S/C18H28N2/c1-2-18(16-6-4-3-5-7-16)20-12-10-17(11-13-20)19-14-15-8-9-15/h3-7,15,17-19H,2,8-14H2,1H3. The molecule has 0 amide bonds. The van der Waals surface area contributed by atoms with E-state index in [1.807, 2.05) is 0 Å². The molecule has 0 spiro atoms. The van der Waals surface area contributed by atoms with Crippen LogP contribution in [-0.4, -0.2) is 30.6 Å². The first kappa shape index (κ1) is 14.1. The van der Waals surface area contributed by atoms with Gasteiger partial charge in [-0.2, -0.15) is 0 Å². The van der Waals surface area contributed by atoms with E-state index in [0.717, 1.165) is 12.0 Å². The number of hydrogen-bond acceptors (Lipinski definition) is 2. The average molecular weight is 272 g/mol. The largest absolute Gasteiger partial charge is 0.314 e. The van der Waals surface area contributed by atoms with Crippen molar-refractivity contribution in [2.45, 2.75) is 51.1 Å². The fourth-order valence-corrected chi connectivity index (χ4v) is 3.45. The lowest BCUT2D eigenvalue weighted by Crippen LogP contribution is -2.44. The maximum absolute atomic E-state index is 3.77. The van der Waals surface area contributed by atoms with Gasteiger partial charge >= 0.3 is 0 Å². The third kappa shape index (κ3) is 3.62. The first-order valence-electron chi connectivity index (χ1n) is 8.39. The second kappa shape index (κ2) is 6.73. The summed E-state index contributed by atoms with van der Waals surface area (Å²) in [6.45, 7) is 6.07. The van der Waals surface area contributed by atoms with Gasteiger partial charge in [-0.05, 0) is 50.1 Å². The Morgan fingerprint density at radius 3 is 2.40 bits per heavy atom. The van der Waals surface area contributed by atoms with E-state index >= 15 is 0 Å². The molecule has 1 aliphatic carbocycles. The Hall–Kier alpha value is -0.860. The van der Waals surface area contributed by atoms with Gasteiger partial charge in [0.1, 0.15) is 0 Å². The van der Waals surface area contributed by atoms with Gasteiger partial charge in [0, 0.05) is 25.2 Å². The minimum Gasteiger partial charge on any atom is -0.314 e. The number of nitrogens with one attached hydrogen (secondary N) is 1. The summed E-state index contributed by atoms with van der Waals surface area (Å²) in [4.78, 5) is 2.69. The zero-order valence-corrected chi connectivity index (χ0v) is 12.7. The Balaban J connectivity index is 1.50. The van der Waals surface area contributed by atoms with Crippen LogP contribution in [-0.2, 0) is 0 Å². The predicted molar refractivity (Wildman–Crippen MR) is 84.8 cm³/mol. The molecular formula is C18H28N2. The molecule has 1 saturated carbocycles. The Morgan fingerprint density at radius 1 is 1.10 bits per heavy atom. The topological polar surface area (TPSA) is 15.3 Å². The molecule has 2 nitrogen and oxygen atoms in total. The molecule has 1 aromatic carbocycles. The highest BCUT2D eigenvalue weighted by Gasteiger charge is 2.27. The molecule has 0 radical (unpaired) electrons. The molecule has 3 rings (SSSR count). The van der Waals surface area contributed by atoms with Crippen LogP contribution in [0.2, 0.25) is 0 Å². The summed E-state index contributed by atoms with van der Waals surface area (Å²) >= 11 is 0. The molecule has 1 N–H and O–H groups in total. The van der Waals surface area contributed by atoms with Crippen LogP contribution in [0.1, 0.15) is 50.6 Å². The molecule has 2 fully saturated rings. The summed E-state index contributed by atoms with van der Waals surface area (Å²) in [5, 5.41) is 3.77. The summed E-state index contributed by atoms with van der Waals surface area (Å²) in [7, 11) is 0. The van der Waals surface area contributed by atoms with Gasteiger partial charge in [0.15, 0.2) is 0 Å². The molecule has 1 saturated heterocycles. The number of rotatable bonds is 6. The SMILES string of the molecule is CCC(c1ccccc1)N1CCC(NCC2CC2)CC1. The molecular weight excluding hydrogens is 244 g/mol. The lowest BCUT2D eigenvalue weighted by atomic mass is 9.97. The Labute approximate surface area is 123 Å². The van der Waals surface area contributed by atoms with Crippen molar-refractivity contribution < 1.29 is 0 Å². The molecule has 20 heavy (non-hydrogen) atoms. The van der Waals surface area contributed by atoms with Gasteiger partial charge in [-0.25, -0.2) is 0 Å². The lowest BCUT2D eigenvalue weighted by molar-refractivity contribution is 0.139. The van der Waals surface area contributed by atoms with Crippen molar-refractivity contribution in [1.82, 2.24) is 10.2 Å². The second-order valence-electron chi connectivity index (χ2n) is 6.50.